The molecule has 96 heavy (non-hydrogen) atoms. The Bertz CT molecular complexity index is 6560. The van der Waals surface area contributed by atoms with Gasteiger partial charge in [-0.05, 0) is 190 Å². The van der Waals surface area contributed by atoms with Crippen molar-refractivity contribution in [1.82, 2.24) is 29.9 Å². The SMILES string of the molecule is c1cncc(-c2cccc(-c3nc(-c4ccc5oc6ccccc6c5c4)cc(-c4ccc5ccc6c(-c7cc(-c8cccnc8)cc(-c8nc(-c9ccc%10oc%11ccccc%11c%10c9)cc(-c9ccc%10c%11ccccc%11c%11ccccc%11c%10c9)n8)c7)ccc7ccc4c5c76)n3)c2)c1. The fourth-order valence-corrected chi connectivity index (χ4v) is 14.8. The summed E-state index contributed by atoms with van der Waals surface area (Å²) in [5.74, 6) is 1.22. The number of para-hydroxylation sites is 2. The van der Waals surface area contributed by atoms with Gasteiger partial charge in [0.2, 0.25) is 0 Å². The molecule has 0 saturated carbocycles. The summed E-state index contributed by atoms with van der Waals surface area (Å²) >= 11 is 0. The molecular weight excluding hydrogens is 1170 g/mol. The minimum atomic E-state index is 0.600. The van der Waals surface area contributed by atoms with Crippen molar-refractivity contribution in [2.75, 3.05) is 0 Å². The van der Waals surface area contributed by atoms with Crippen molar-refractivity contribution in [2.24, 2.45) is 0 Å². The topological polar surface area (TPSA) is 104 Å². The summed E-state index contributed by atoms with van der Waals surface area (Å²) < 4.78 is 12.7. The third-order valence-electron chi connectivity index (χ3n) is 19.4. The van der Waals surface area contributed by atoms with Gasteiger partial charge in [-0.2, -0.15) is 0 Å². The van der Waals surface area contributed by atoms with Gasteiger partial charge in [-0.1, -0.05) is 176 Å². The summed E-state index contributed by atoms with van der Waals surface area (Å²) in [7, 11) is 0. The van der Waals surface area contributed by atoms with Crippen molar-refractivity contribution in [3.63, 3.8) is 0 Å². The maximum absolute atomic E-state index is 6.37. The van der Waals surface area contributed by atoms with Gasteiger partial charge < -0.3 is 8.83 Å². The highest BCUT2D eigenvalue weighted by Crippen LogP contribution is 2.46. The molecule has 14 aromatic carbocycles. The minimum absolute atomic E-state index is 0.600. The average Bonchev–Trinajstić information content (AvgIpc) is 1.18. The van der Waals surface area contributed by atoms with Crippen LogP contribution in [0.4, 0.5) is 0 Å². The van der Waals surface area contributed by atoms with Gasteiger partial charge in [0.15, 0.2) is 11.6 Å². The molecule has 0 N–H and O–H groups in total. The van der Waals surface area contributed by atoms with Crippen molar-refractivity contribution in [1.29, 1.82) is 0 Å². The summed E-state index contributed by atoms with van der Waals surface area (Å²) in [6.45, 7) is 0. The lowest BCUT2D eigenvalue weighted by Crippen LogP contribution is -1.98. The van der Waals surface area contributed by atoms with Crippen LogP contribution < -0.4 is 0 Å². The highest BCUT2D eigenvalue weighted by molar-refractivity contribution is 6.28. The Balaban J connectivity index is 0.776. The molecule has 0 spiro atoms. The molecule has 8 nitrogen and oxygen atoms in total. The first kappa shape index (κ1) is 53.6. The number of nitrogens with zero attached hydrogens (tertiary/aromatic N) is 6. The van der Waals surface area contributed by atoms with E-state index in [2.05, 4.69) is 253 Å². The van der Waals surface area contributed by atoms with Crippen LogP contribution in [0.2, 0.25) is 0 Å². The Morgan fingerprint density at radius 3 is 1.21 bits per heavy atom. The van der Waals surface area contributed by atoms with E-state index in [0.717, 1.165) is 155 Å². The van der Waals surface area contributed by atoms with Crippen molar-refractivity contribution in [2.45, 2.75) is 0 Å². The van der Waals surface area contributed by atoms with E-state index >= 15 is 0 Å². The molecular formula is C88H50N6O2. The molecule has 20 rings (SSSR count). The summed E-state index contributed by atoms with van der Waals surface area (Å²) in [5.41, 5.74) is 18.4. The van der Waals surface area contributed by atoms with E-state index < -0.39 is 0 Å². The smallest absolute Gasteiger partial charge is 0.160 e. The average molecular weight is 1220 g/mol. The van der Waals surface area contributed by atoms with E-state index in [9.17, 15) is 0 Å². The van der Waals surface area contributed by atoms with Crippen LogP contribution in [0.25, 0.3) is 210 Å². The Kier molecular flexibility index (Phi) is 11.9. The molecule has 0 bridgehead atoms. The zero-order chi connectivity index (χ0) is 63.0. The molecule has 8 heteroatoms. The number of hydrogen-bond acceptors (Lipinski definition) is 8. The standard InChI is InChI=1S/C88H50N6O2/c1-2-18-66-64(16-1)65-17-3-4-19-67(65)74-44-54(28-32-68(66)74)77-47-78(55-29-36-83-75(45-55)70-20-5-7-22-81(70)95-83)93-88(92-77)62-42-60(59-15-11-39-90-50-59)41-61(43-62)63-31-24-51-27-35-73-69(33-25-52-26-34-72(63)85(51)86(52)73)80-48-79(56-30-37-84-76(46-56)71-21-6-8-23-82(71)96-84)91-87(94-80)57-13-9-12-53(40-57)58-14-10-38-89-49-58/h1-50H. The van der Waals surface area contributed by atoms with E-state index in [1.165, 1.54) is 43.1 Å². The summed E-state index contributed by atoms with van der Waals surface area (Å²) in [6, 6.07) is 99.1. The van der Waals surface area contributed by atoms with Crippen LogP contribution in [-0.2, 0) is 0 Å². The fourth-order valence-electron chi connectivity index (χ4n) is 14.8. The van der Waals surface area contributed by atoms with Gasteiger partial charge in [-0.15, -0.1) is 0 Å². The molecule has 0 unspecified atom stereocenters. The third kappa shape index (κ3) is 8.70. The maximum Gasteiger partial charge on any atom is 0.160 e. The van der Waals surface area contributed by atoms with Crippen molar-refractivity contribution in [3.8, 4) is 101 Å². The largest absolute Gasteiger partial charge is 0.456 e. The van der Waals surface area contributed by atoms with Crippen LogP contribution in [0.5, 0.6) is 0 Å². The van der Waals surface area contributed by atoms with Crippen molar-refractivity contribution >= 4 is 109 Å². The zero-order valence-corrected chi connectivity index (χ0v) is 51.4. The lowest BCUT2D eigenvalue weighted by molar-refractivity contribution is 0.668. The molecule has 0 atom stereocenters. The second kappa shape index (κ2) is 21.3. The van der Waals surface area contributed by atoms with E-state index in [4.69, 9.17) is 28.8 Å². The van der Waals surface area contributed by atoms with Crippen molar-refractivity contribution < 1.29 is 8.83 Å². The third-order valence-corrected chi connectivity index (χ3v) is 19.4. The normalized spacial score (nSPS) is 12.0. The monoisotopic (exact) mass is 1220 g/mol. The fraction of sp³-hybridized carbons (Fsp3) is 0. The first-order chi connectivity index (χ1) is 47.5. The predicted octanol–water partition coefficient (Wildman–Crippen LogP) is 23.2. The summed E-state index contributed by atoms with van der Waals surface area (Å²) in [4.78, 5) is 31.2. The Morgan fingerprint density at radius 2 is 0.615 bits per heavy atom. The second-order valence-electron chi connectivity index (χ2n) is 24.9. The van der Waals surface area contributed by atoms with Gasteiger partial charge in [0.1, 0.15) is 22.3 Å². The molecule has 20 aromatic rings. The molecule has 0 aliphatic heterocycles. The number of rotatable bonds is 9. The lowest BCUT2D eigenvalue weighted by atomic mass is 9.87. The molecule has 0 fully saturated rings. The van der Waals surface area contributed by atoms with Gasteiger partial charge in [0.05, 0.1) is 22.8 Å². The van der Waals surface area contributed by atoms with E-state index in [1.807, 2.05) is 55.0 Å². The number of pyridine rings is 2. The molecule has 0 aliphatic rings. The second-order valence-corrected chi connectivity index (χ2v) is 24.9. The molecule has 0 amide bonds. The number of hydrogen-bond donors (Lipinski definition) is 0. The van der Waals surface area contributed by atoms with Crippen LogP contribution in [0, 0.1) is 0 Å². The predicted molar refractivity (Wildman–Crippen MR) is 393 cm³/mol. The molecule has 6 aromatic heterocycles. The highest BCUT2D eigenvalue weighted by Gasteiger charge is 2.22. The Labute approximate surface area is 549 Å². The molecule has 444 valence electrons. The molecule has 0 radical (unpaired) electrons. The van der Waals surface area contributed by atoms with Crippen LogP contribution in [0.1, 0.15) is 0 Å². The van der Waals surface area contributed by atoms with E-state index in [0.29, 0.717) is 11.6 Å². The summed E-state index contributed by atoms with van der Waals surface area (Å²) in [6.07, 6.45) is 7.45. The molecule has 6 heterocycles. The highest BCUT2D eigenvalue weighted by atomic mass is 16.3. The molecule has 0 saturated heterocycles. The first-order valence-electron chi connectivity index (χ1n) is 32.3. The lowest BCUT2D eigenvalue weighted by Gasteiger charge is -2.18. The minimum Gasteiger partial charge on any atom is -0.456 e. The van der Waals surface area contributed by atoms with Crippen molar-refractivity contribution in [3.05, 3.63) is 304 Å². The van der Waals surface area contributed by atoms with Gasteiger partial charge >= 0.3 is 0 Å². The van der Waals surface area contributed by atoms with Gasteiger partial charge in [-0.3, -0.25) is 9.97 Å². The Hall–Kier alpha value is -13.0. The van der Waals surface area contributed by atoms with Gasteiger partial charge in [0, 0.05) is 90.8 Å². The number of benzene rings is 14. The van der Waals surface area contributed by atoms with Gasteiger partial charge in [-0.25, -0.2) is 19.9 Å². The van der Waals surface area contributed by atoms with Crippen LogP contribution in [-0.4, -0.2) is 29.9 Å². The molecule has 0 aliphatic carbocycles. The quantitative estimate of drug-likeness (QED) is 0.132. The van der Waals surface area contributed by atoms with Crippen LogP contribution in [0.15, 0.2) is 313 Å². The maximum atomic E-state index is 6.37. The Morgan fingerprint density at radius 1 is 0.208 bits per heavy atom. The van der Waals surface area contributed by atoms with E-state index in [1.54, 1.807) is 6.20 Å². The zero-order valence-electron chi connectivity index (χ0n) is 51.4. The summed E-state index contributed by atoms with van der Waals surface area (Å²) in [5, 5.41) is 18.3. The first-order valence-corrected chi connectivity index (χ1v) is 32.3. The number of furan rings is 2. The number of aromatic nitrogens is 6. The van der Waals surface area contributed by atoms with Crippen LogP contribution >= 0.6 is 0 Å². The van der Waals surface area contributed by atoms with E-state index in [-0.39, 0.29) is 0 Å². The number of fused-ring (bicyclic) bond motifs is 12. The van der Waals surface area contributed by atoms with Crippen LogP contribution in [0.3, 0.4) is 0 Å². The van der Waals surface area contributed by atoms with Gasteiger partial charge in [0.25, 0.3) is 0 Å².